The van der Waals surface area contributed by atoms with Crippen LogP contribution in [0.25, 0.3) is 88.0 Å². The third-order valence-corrected chi connectivity index (χ3v) is 9.71. The van der Waals surface area contributed by atoms with Gasteiger partial charge in [0.25, 0.3) is 0 Å². The summed E-state index contributed by atoms with van der Waals surface area (Å²) in [5, 5.41) is 7.59. The van der Waals surface area contributed by atoms with Gasteiger partial charge < -0.3 is 0 Å². The summed E-state index contributed by atoms with van der Waals surface area (Å²) < 4.78 is 0. The molecule has 0 heteroatoms. The Hall–Kier alpha value is -6.24. The minimum atomic E-state index is 1.21. The summed E-state index contributed by atoms with van der Waals surface area (Å²) in [6, 6.07) is 70.7. The van der Waals surface area contributed by atoms with E-state index in [1.165, 1.54) is 88.0 Å². The summed E-state index contributed by atoms with van der Waals surface area (Å²) in [7, 11) is 0. The van der Waals surface area contributed by atoms with Crippen molar-refractivity contribution in [1.29, 1.82) is 0 Å². The van der Waals surface area contributed by atoms with Crippen LogP contribution in [0.5, 0.6) is 0 Å². The van der Waals surface area contributed by atoms with Crippen LogP contribution < -0.4 is 0 Å². The molecule has 9 aromatic rings. The lowest BCUT2D eigenvalue weighted by Crippen LogP contribution is -1.93. The maximum absolute atomic E-state index is 2.30. The molecule has 0 unspecified atom stereocenters. The normalized spacial score (nSPS) is 11.3. The van der Waals surface area contributed by atoms with Crippen molar-refractivity contribution in [2.75, 3.05) is 0 Å². The summed E-state index contributed by atoms with van der Waals surface area (Å²) in [4.78, 5) is 0. The summed E-state index contributed by atoms with van der Waals surface area (Å²) >= 11 is 0. The maximum Gasteiger partial charge on any atom is -0.00201 e. The molecular weight excluding hydrogens is 577 g/mol. The van der Waals surface area contributed by atoms with Gasteiger partial charge >= 0.3 is 0 Å². The fourth-order valence-corrected chi connectivity index (χ4v) is 7.45. The Morgan fingerprint density at radius 2 is 0.583 bits per heavy atom. The van der Waals surface area contributed by atoms with Gasteiger partial charge in [-0.3, -0.25) is 0 Å². The van der Waals surface area contributed by atoms with Crippen LogP contribution in [0.2, 0.25) is 0 Å². The highest BCUT2D eigenvalue weighted by Crippen LogP contribution is 2.46. The zero-order valence-electron chi connectivity index (χ0n) is 26.5. The number of hydrogen-bond acceptors (Lipinski definition) is 0. The van der Waals surface area contributed by atoms with Gasteiger partial charge in [0.1, 0.15) is 0 Å². The van der Waals surface area contributed by atoms with Gasteiger partial charge in [0.2, 0.25) is 0 Å². The molecule has 0 aliphatic rings. The second kappa shape index (κ2) is 11.8. The predicted molar refractivity (Wildman–Crippen MR) is 206 cm³/mol. The van der Waals surface area contributed by atoms with Crippen molar-refractivity contribution in [1.82, 2.24) is 0 Å². The lowest BCUT2D eigenvalue weighted by Gasteiger charge is -2.20. The zero-order chi connectivity index (χ0) is 31.9. The molecule has 0 spiro atoms. The summed E-state index contributed by atoms with van der Waals surface area (Å²) in [6.07, 6.45) is 0. The van der Waals surface area contributed by atoms with E-state index in [1.807, 2.05) is 0 Å². The quantitative estimate of drug-likeness (QED) is 0.171. The van der Waals surface area contributed by atoms with E-state index < -0.39 is 0 Å². The van der Waals surface area contributed by atoms with E-state index in [2.05, 4.69) is 194 Å². The standard InChI is InChI=1S/C48H32/c1-2-13-33(14-3-1)34-25-27-37(28-26-34)41-18-6-7-19-42(41)48-45-22-10-8-20-43(45)47(44-21-9-11-23-46(44)48)38-31-29-36(30-32-38)40-24-12-16-35-15-4-5-17-39(35)40/h1-32H. The van der Waals surface area contributed by atoms with E-state index in [0.717, 1.165) is 0 Å². The fourth-order valence-electron chi connectivity index (χ4n) is 7.45. The zero-order valence-corrected chi connectivity index (χ0v) is 26.5. The Kier molecular flexibility index (Phi) is 6.91. The number of hydrogen-bond donors (Lipinski definition) is 0. The molecule has 0 saturated heterocycles. The number of rotatable bonds is 5. The third-order valence-electron chi connectivity index (χ3n) is 9.71. The second-order valence-corrected chi connectivity index (χ2v) is 12.4. The second-order valence-electron chi connectivity index (χ2n) is 12.4. The van der Waals surface area contributed by atoms with Crippen LogP contribution >= 0.6 is 0 Å². The Labute approximate surface area is 281 Å². The molecule has 0 aliphatic carbocycles. The first-order valence-corrected chi connectivity index (χ1v) is 16.6. The van der Waals surface area contributed by atoms with Crippen LogP contribution in [-0.4, -0.2) is 0 Å². The van der Waals surface area contributed by atoms with E-state index >= 15 is 0 Å². The highest BCUT2D eigenvalue weighted by molar-refractivity contribution is 6.22. The molecule has 9 aromatic carbocycles. The van der Waals surface area contributed by atoms with Gasteiger partial charge in [-0.25, -0.2) is 0 Å². The molecule has 48 heavy (non-hydrogen) atoms. The summed E-state index contributed by atoms with van der Waals surface area (Å²) in [5.74, 6) is 0. The summed E-state index contributed by atoms with van der Waals surface area (Å²) in [6.45, 7) is 0. The Morgan fingerprint density at radius 1 is 0.188 bits per heavy atom. The molecule has 0 bridgehead atoms. The van der Waals surface area contributed by atoms with E-state index in [1.54, 1.807) is 0 Å². The van der Waals surface area contributed by atoms with Gasteiger partial charge in [-0.15, -0.1) is 0 Å². The Bertz CT molecular complexity index is 2510. The van der Waals surface area contributed by atoms with E-state index in [9.17, 15) is 0 Å². The average Bonchev–Trinajstić information content (AvgIpc) is 3.17. The molecule has 224 valence electrons. The molecular formula is C48H32. The van der Waals surface area contributed by atoms with Crippen LogP contribution in [0.4, 0.5) is 0 Å². The lowest BCUT2D eigenvalue weighted by molar-refractivity contribution is 1.58. The van der Waals surface area contributed by atoms with E-state index in [0.29, 0.717) is 0 Å². The molecule has 0 nitrogen and oxygen atoms in total. The van der Waals surface area contributed by atoms with Crippen molar-refractivity contribution in [2.45, 2.75) is 0 Å². The average molecular weight is 609 g/mol. The molecule has 0 aliphatic heterocycles. The highest BCUT2D eigenvalue weighted by atomic mass is 14.2. The lowest BCUT2D eigenvalue weighted by atomic mass is 9.83. The van der Waals surface area contributed by atoms with Crippen molar-refractivity contribution in [2.24, 2.45) is 0 Å². The first-order valence-electron chi connectivity index (χ1n) is 16.6. The van der Waals surface area contributed by atoms with Crippen LogP contribution in [0, 0.1) is 0 Å². The number of benzene rings is 9. The first kappa shape index (κ1) is 28.0. The van der Waals surface area contributed by atoms with Crippen molar-refractivity contribution < 1.29 is 0 Å². The maximum atomic E-state index is 2.30. The predicted octanol–water partition coefficient (Wildman–Crippen LogP) is 13.5. The van der Waals surface area contributed by atoms with Crippen LogP contribution in [0.1, 0.15) is 0 Å². The van der Waals surface area contributed by atoms with Gasteiger partial charge in [-0.2, -0.15) is 0 Å². The minimum Gasteiger partial charge on any atom is -0.0622 e. The third kappa shape index (κ3) is 4.78. The van der Waals surface area contributed by atoms with Crippen molar-refractivity contribution in [3.05, 3.63) is 194 Å². The SMILES string of the molecule is c1ccc(-c2ccc(-c3ccccc3-c3c4ccccc4c(-c4ccc(-c5cccc6ccccc56)cc4)c4ccccc34)cc2)cc1. The molecule has 0 saturated carbocycles. The highest BCUT2D eigenvalue weighted by Gasteiger charge is 2.19. The van der Waals surface area contributed by atoms with E-state index in [-0.39, 0.29) is 0 Å². The fraction of sp³-hybridized carbons (Fsp3) is 0. The van der Waals surface area contributed by atoms with Crippen molar-refractivity contribution >= 4 is 32.3 Å². The molecule has 0 amide bonds. The largest absolute Gasteiger partial charge is 0.0622 e. The molecule has 9 rings (SSSR count). The van der Waals surface area contributed by atoms with Crippen molar-refractivity contribution in [3.8, 4) is 55.6 Å². The smallest absolute Gasteiger partial charge is 0.00201 e. The Balaban J connectivity index is 1.22. The monoisotopic (exact) mass is 608 g/mol. The van der Waals surface area contributed by atoms with Gasteiger partial charge in [-0.05, 0) is 88.0 Å². The van der Waals surface area contributed by atoms with Crippen LogP contribution in [0.15, 0.2) is 194 Å². The van der Waals surface area contributed by atoms with Crippen molar-refractivity contribution in [3.63, 3.8) is 0 Å². The van der Waals surface area contributed by atoms with Gasteiger partial charge in [0.05, 0.1) is 0 Å². The number of fused-ring (bicyclic) bond motifs is 3. The Morgan fingerprint density at radius 3 is 1.23 bits per heavy atom. The topological polar surface area (TPSA) is 0 Å². The molecule has 0 heterocycles. The van der Waals surface area contributed by atoms with Crippen LogP contribution in [-0.2, 0) is 0 Å². The van der Waals surface area contributed by atoms with Gasteiger partial charge in [-0.1, -0.05) is 194 Å². The summed E-state index contributed by atoms with van der Waals surface area (Å²) in [5.41, 5.74) is 12.4. The van der Waals surface area contributed by atoms with E-state index in [4.69, 9.17) is 0 Å². The van der Waals surface area contributed by atoms with Crippen LogP contribution in [0.3, 0.4) is 0 Å². The molecule has 0 fully saturated rings. The molecule has 0 radical (unpaired) electrons. The molecule has 0 aromatic heterocycles. The molecule has 0 atom stereocenters. The van der Waals surface area contributed by atoms with Gasteiger partial charge in [0.15, 0.2) is 0 Å². The minimum absolute atomic E-state index is 1.21. The first-order chi connectivity index (χ1) is 23.8. The molecule has 0 N–H and O–H groups in total. The van der Waals surface area contributed by atoms with Gasteiger partial charge in [0, 0.05) is 0 Å².